The number of halogens is 1. The summed E-state index contributed by atoms with van der Waals surface area (Å²) in [6.07, 6.45) is 5.47. The molecule has 2 aliphatic heterocycles. The number of nitrogens with zero attached hydrogens (tertiary/aromatic N) is 3. The number of carbonyl (C=O) groups is 1. The lowest BCUT2D eigenvalue weighted by atomic mass is 10.2. The second-order valence-electron chi connectivity index (χ2n) is 6.80. The third-order valence-corrected chi connectivity index (χ3v) is 6.69. The van der Waals surface area contributed by atoms with E-state index in [2.05, 4.69) is 15.6 Å². The third-order valence-electron chi connectivity index (χ3n) is 4.73. The lowest BCUT2D eigenvalue weighted by Crippen LogP contribution is -2.42. The highest BCUT2D eigenvalue weighted by Crippen LogP contribution is 2.12. The van der Waals surface area contributed by atoms with Crippen LogP contribution in [0.5, 0.6) is 0 Å². The second-order valence-corrected chi connectivity index (χ2v) is 8.89. The molecule has 2 saturated heterocycles. The molecule has 27 heavy (non-hydrogen) atoms. The summed E-state index contributed by atoms with van der Waals surface area (Å²) in [6.45, 7) is 6.63. The zero-order chi connectivity index (χ0) is 18.8. The average Bonchev–Trinajstić information content (AvgIpc) is 2.80. The molecule has 0 aliphatic carbocycles. The summed E-state index contributed by atoms with van der Waals surface area (Å²) in [5, 5.41) is 6.37. The van der Waals surface area contributed by atoms with Crippen LogP contribution >= 0.6 is 24.0 Å². The van der Waals surface area contributed by atoms with E-state index in [9.17, 15) is 13.2 Å². The molecule has 10 heteroatoms. The molecule has 2 fully saturated rings. The Kier molecular flexibility index (Phi) is 11.5. The molecule has 0 aromatic carbocycles. The molecule has 8 nitrogen and oxygen atoms in total. The van der Waals surface area contributed by atoms with Crippen molar-refractivity contribution in [3.63, 3.8) is 0 Å². The first-order valence-electron chi connectivity index (χ1n) is 9.80. The Hall–Kier alpha value is -0.620. The maximum absolute atomic E-state index is 12.0. The van der Waals surface area contributed by atoms with E-state index in [-0.39, 0.29) is 35.6 Å². The van der Waals surface area contributed by atoms with Gasteiger partial charge in [0.05, 0.1) is 5.75 Å². The average molecular weight is 515 g/mol. The van der Waals surface area contributed by atoms with Gasteiger partial charge in [0, 0.05) is 52.2 Å². The summed E-state index contributed by atoms with van der Waals surface area (Å²) in [7, 11) is -3.04. The van der Waals surface area contributed by atoms with Gasteiger partial charge in [0.25, 0.3) is 0 Å². The molecular formula is C17H34IN5O3S. The molecule has 0 aromatic rings. The van der Waals surface area contributed by atoms with Crippen LogP contribution in [0.15, 0.2) is 4.99 Å². The fraction of sp³-hybridized carbons (Fsp3) is 0.882. The van der Waals surface area contributed by atoms with E-state index in [0.717, 1.165) is 45.3 Å². The van der Waals surface area contributed by atoms with Crippen LogP contribution in [0.3, 0.4) is 0 Å². The Morgan fingerprint density at radius 1 is 1.11 bits per heavy atom. The van der Waals surface area contributed by atoms with Gasteiger partial charge in [0.15, 0.2) is 5.96 Å². The van der Waals surface area contributed by atoms with Crippen molar-refractivity contribution >= 4 is 45.9 Å². The number of sulfonamides is 1. The first kappa shape index (κ1) is 24.4. The summed E-state index contributed by atoms with van der Waals surface area (Å²) >= 11 is 0. The predicted octanol–water partition coefficient (Wildman–Crippen LogP) is 0.988. The van der Waals surface area contributed by atoms with Crippen LogP contribution < -0.4 is 10.6 Å². The maximum Gasteiger partial charge on any atom is 0.222 e. The summed E-state index contributed by atoms with van der Waals surface area (Å²) in [6, 6.07) is 0. The molecule has 0 radical (unpaired) electrons. The van der Waals surface area contributed by atoms with Gasteiger partial charge in [-0.05, 0) is 32.6 Å². The maximum atomic E-state index is 12.0. The first-order valence-corrected chi connectivity index (χ1v) is 11.4. The summed E-state index contributed by atoms with van der Waals surface area (Å²) in [5.41, 5.74) is 0. The van der Waals surface area contributed by atoms with Gasteiger partial charge in [-0.1, -0.05) is 6.42 Å². The molecule has 2 N–H and O–H groups in total. The van der Waals surface area contributed by atoms with Gasteiger partial charge in [-0.2, -0.15) is 0 Å². The van der Waals surface area contributed by atoms with E-state index < -0.39 is 10.0 Å². The minimum absolute atomic E-state index is 0. The Morgan fingerprint density at radius 2 is 1.93 bits per heavy atom. The van der Waals surface area contributed by atoms with Gasteiger partial charge < -0.3 is 15.5 Å². The van der Waals surface area contributed by atoms with E-state index in [1.807, 2.05) is 11.8 Å². The molecule has 2 aliphatic rings. The number of hydrogen-bond donors (Lipinski definition) is 2. The summed E-state index contributed by atoms with van der Waals surface area (Å²) in [5.74, 6) is 1.23. The van der Waals surface area contributed by atoms with Gasteiger partial charge in [-0.15, -0.1) is 24.0 Å². The molecule has 0 atom stereocenters. The number of hydrogen-bond acceptors (Lipinski definition) is 4. The van der Waals surface area contributed by atoms with Crippen molar-refractivity contribution in [2.45, 2.75) is 45.4 Å². The van der Waals surface area contributed by atoms with E-state index in [4.69, 9.17) is 0 Å². The van der Waals surface area contributed by atoms with E-state index in [1.165, 1.54) is 4.31 Å². The number of nitrogens with one attached hydrogen (secondary N) is 2. The van der Waals surface area contributed by atoms with Gasteiger partial charge in [0.2, 0.25) is 15.9 Å². The SMILES string of the molecule is CCNC(=NCCCN1CCCCCC1=O)NCCN1CCCS1(=O)=O.I. The van der Waals surface area contributed by atoms with Crippen LogP contribution in [0.2, 0.25) is 0 Å². The number of likely N-dealkylation sites (tertiary alicyclic amines) is 1. The Balaban J connectivity index is 0.00000364. The number of amides is 1. The fourth-order valence-corrected chi connectivity index (χ4v) is 4.84. The van der Waals surface area contributed by atoms with Crippen molar-refractivity contribution in [1.82, 2.24) is 19.8 Å². The third kappa shape index (κ3) is 8.51. The number of aliphatic imine (C=N–C) groups is 1. The van der Waals surface area contributed by atoms with Crippen LogP contribution in [0.25, 0.3) is 0 Å². The van der Waals surface area contributed by atoms with Crippen molar-refractivity contribution < 1.29 is 13.2 Å². The molecule has 2 rings (SSSR count). The molecule has 1 amide bonds. The van der Waals surface area contributed by atoms with Crippen LogP contribution in [-0.2, 0) is 14.8 Å². The summed E-state index contributed by atoms with van der Waals surface area (Å²) < 4.78 is 25.1. The largest absolute Gasteiger partial charge is 0.357 e. The highest BCUT2D eigenvalue weighted by Gasteiger charge is 2.27. The monoisotopic (exact) mass is 515 g/mol. The zero-order valence-corrected chi connectivity index (χ0v) is 19.4. The highest BCUT2D eigenvalue weighted by molar-refractivity contribution is 14.0. The summed E-state index contributed by atoms with van der Waals surface area (Å²) in [4.78, 5) is 18.5. The topological polar surface area (TPSA) is 94.1 Å². The molecule has 0 bridgehead atoms. The van der Waals surface area contributed by atoms with Crippen LogP contribution in [0, 0.1) is 0 Å². The molecular weight excluding hydrogens is 481 g/mol. The standard InChI is InChI=1S/C17H33N5O3S.HI/c1-2-18-17(20-10-14-22-13-7-15-26(22,24)25)19-9-6-12-21-11-5-3-4-8-16(21)23;/h2-15H2,1H3,(H2,18,19,20);1H. The van der Waals surface area contributed by atoms with Gasteiger partial charge >= 0.3 is 0 Å². The number of guanidine groups is 1. The smallest absolute Gasteiger partial charge is 0.222 e. The number of rotatable bonds is 8. The molecule has 158 valence electrons. The van der Waals surface area contributed by atoms with Crippen LogP contribution in [0.4, 0.5) is 0 Å². The minimum atomic E-state index is -3.04. The van der Waals surface area contributed by atoms with Gasteiger partial charge in [-0.25, -0.2) is 12.7 Å². The van der Waals surface area contributed by atoms with Gasteiger partial charge in [0.1, 0.15) is 0 Å². The van der Waals surface area contributed by atoms with Crippen molar-refractivity contribution in [3.05, 3.63) is 0 Å². The van der Waals surface area contributed by atoms with E-state index in [0.29, 0.717) is 45.0 Å². The molecule has 0 saturated carbocycles. The van der Waals surface area contributed by atoms with E-state index >= 15 is 0 Å². The fourth-order valence-electron chi connectivity index (χ4n) is 3.31. The Labute approximate surface area is 180 Å². The van der Waals surface area contributed by atoms with Crippen molar-refractivity contribution in [2.24, 2.45) is 4.99 Å². The minimum Gasteiger partial charge on any atom is -0.357 e. The first-order chi connectivity index (χ1) is 12.5. The van der Waals surface area contributed by atoms with Crippen molar-refractivity contribution in [3.8, 4) is 0 Å². The molecule has 0 spiro atoms. The predicted molar refractivity (Wildman–Crippen MR) is 119 cm³/mol. The Bertz CT molecular complexity index is 585. The normalized spacial score (nSPS) is 20.9. The molecule has 0 aromatic heterocycles. The van der Waals surface area contributed by atoms with Crippen LogP contribution in [-0.4, -0.2) is 81.1 Å². The van der Waals surface area contributed by atoms with Crippen molar-refractivity contribution in [1.29, 1.82) is 0 Å². The lowest BCUT2D eigenvalue weighted by molar-refractivity contribution is -0.130. The van der Waals surface area contributed by atoms with Crippen molar-refractivity contribution in [2.75, 3.05) is 51.6 Å². The second kappa shape index (κ2) is 12.8. The quantitative estimate of drug-likeness (QED) is 0.218. The molecule has 2 heterocycles. The van der Waals surface area contributed by atoms with E-state index in [1.54, 1.807) is 0 Å². The van der Waals surface area contributed by atoms with Crippen LogP contribution in [0.1, 0.15) is 45.4 Å². The molecule has 0 unspecified atom stereocenters. The Morgan fingerprint density at radius 3 is 2.63 bits per heavy atom. The number of carbonyl (C=O) groups excluding carboxylic acids is 1. The van der Waals surface area contributed by atoms with Gasteiger partial charge in [-0.3, -0.25) is 9.79 Å². The zero-order valence-electron chi connectivity index (χ0n) is 16.3. The highest BCUT2D eigenvalue weighted by atomic mass is 127. The lowest BCUT2D eigenvalue weighted by Gasteiger charge is -2.20.